The molecule has 170 valence electrons. The van der Waals surface area contributed by atoms with Crippen LogP contribution in [0.2, 0.25) is 0 Å². The van der Waals surface area contributed by atoms with Crippen LogP contribution in [-0.2, 0) is 11.3 Å². The Morgan fingerprint density at radius 3 is 2.53 bits per heavy atom. The number of rotatable bonds is 4. The number of likely N-dealkylation sites (N-methyl/N-ethyl adjacent to an activating group) is 1. The Morgan fingerprint density at radius 2 is 1.84 bits per heavy atom. The predicted octanol–water partition coefficient (Wildman–Crippen LogP) is 2.70. The summed E-state index contributed by atoms with van der Waals surface area (Å²) in [5.74, 6) is -0.994. The first-order valence-electron chi connectivity index (χ1n) is 11.6. The molecule has 2 N–H and O–H groups in total. The Bertz CT molecular complexity index is 1060. The lowest BCUT2D eigenvalue weighted by molar-refractivity contribution is -0.128. The fourth-order valence-electron chi connectivity index (χ4n) is 6.08. The second-order valence-corrected chi connectivity index (χ2v) is 9.49. The Kier molecular flexibility index (Phi) is 5.63. The number of carbonyl (C=O) groups is 1. The maximum Gasteiger partial charge on any atom is 0.258 e. The first-order valence-corrected chi connectivity index (χ1v) is 11.6. The van der Waals surface area contributed by atoms with Crippen molar-refractivity contribution in [2.75, 3.05) is 13.7 Å². The summed E-state index contributed by atoms with van der Waals surface area (Å²) >= 11 is 0. The summed E-state index contributed by atoms with van der Waals surface area (Å²) in [7, 11) is 1.98. The summed E-state index contributed by atoms with van der Waals surface area (Å²) < 4.78 is 15.1. The molecule has 5 rings (SSSR count). The number of pyridine rings is 1. The lowest BCUT2D eigenvalue weighted by Gasteiger charge is -2.35. The Hall–Kier alpha value is -2.51. The van der Waals surface area contributed by atoms with Gasteiger partial charge in [-0.25, -0.2) is 4.39 Å². The molecule has 0 spiro atoms. The van der Waals surface area contributed by atoms with Crippen molar-refractivity contribution in [2.45, 2.75) is 56.8 Å². The Balaban J connectivity index is 1.51. The van der Waals surface area contributed by atoms with Crippen LogP contribution in [0, 0.1) is 17.7 Å². The van der Waals surface area contributed by atoms with E-state index in [-0.39, 0.29) is 47.9 Å². The molecular formula is C25H30FN3O3. The fraction of sp³-hybridized carbons (Fsp3) is 0.520. The minimum atomic E-state index is -0.401. The largest absolute Gasteiger partial charge is 0.396 e. The van der Waals surface area contributed by atoms with Gasteiger partial charge < -0.3 is 15.0 Å². The average Bonchev–Trinajstić information content (AvgIpc) is 2.97. The number of aromatic nitrogens is 1. The van der Waals surface area contributed by atoms with Crippen LogP contribution in [0.15, 0.2) is 41.2 Å². The standard InChI is InChI=1S/C25H30FN3O3/c1-28-21-13-29-20(12-11-18(25(29)32)15-7-9-16(26)10-8-15)23(28)22(19(21)14-30)24(31)27-17-5-3-2-4-6-17/h7-12,17,19,21-23,30H,2-6,13-14H2,1H3,(H,27,31)/t19-,21-,22+,23+/m1/s1. The van der Waals surface area contributed by atoms with Crippen LogP contribution in [0.25, 0.3) is 11.1 Å². The molecule has 4 atom stereocenters. The van der Waals surface area contributed by atoms with Crippen molar-refractivity contribution in [3.05, 3.63) is 58.3 Å². The van der Waals surface area contributed by atoms with Crippen LogP contribution in [0.3, 0.4) is 0 Å². The van der Waals surface area contributed by atoms with E-state index in [1.807, 2.05) is 13.1 Å². The van der Waals surface area contributed by atoms with Crippen LogP contribution < -0.4 is 10.9 Å². The first kappa shape index (κ1) is 21.3. The highest BCUT2D eigenvalue weighted by Crippen LogP contribution is 2.47. The van der Waals surface area contributed by atoms with Crippen LogP contribution in [0.1, 0.15) is 43.8 Å². The monoisotopic (exact) mass is 439 g/mol. The molecule has 7 heteroatoms. The van der Waals surface area contributed by atoms with E-state index >= 15 is 0 Å². The molecule has 32 heavy (non-hydrogen) atoms. The van der Waals surface area contributed by atoms with Crippen LogP contribution in [0.4, 0.5) is 4.39 Å². The van der Waals surface area contributed by atoms with Gasteiger partial charge >= 0.3 is 0 Å². The summed E-state index contributed by atoms with van der Waals surface area (Å²) in [4.78, 5) is 29.0. The third-order valence-electron chi connectivity index (χ3n) is 7.76. The number of benzene rings is 1. The van der Waals surface area contributed by atoms with Crippen molar-refractivity contribution < 1.29 is 14.3 Å². The number of fused-ring (bicyclic) bond motifs is 4. The number of nitrogens with one attached hydrogen (secondary N) is 1. The number of aliphatic hydroxyl groups excluding tert-OH is 1. The molecule has 1 saturated carbocycles. The predicted molar refractivity (Wildman–Crippen MR) is 119 cm³/mol. The van der Waals surface area contributed by atoms with E-state index in [0.29, 0.717) is 17.7 Å². The quantitative estimate of drug-likeness (QED) is 0.768. The van der Waals surface area contributed by atoms with Gasteiger partial charge in [-0.3, -0.25) is 14.5 Å². The zero-order valence-electron chi connectivity index (χ0n) is 18.3. The molecule has 3 heterocycles. The lowest BCUT2D eigenvalue weighted by atomic mass is 9.85. The molecule has 1 aliphatic carbocycles. The van der Waals surface area contributed by atoms with Crippen LogP contribution >= 0.6 is 0 Å². The molecular weight excluding hydrogens is 409 g/mol. The first-order chi connectivity index (χ1) is 15.5. The summed E-state index contributed by atoms with van der Waals surface area (Å²) in [5.41, 5.74) is 1.85. The highest BCUT2D eigenvalue weighted by atomic mass is 19.1. The molecule has 2 aliphatic heterocycles. The Morgan fingerprint density at radius 1 is 1.12 bits per heavy atom. The second-order valence-electron chi connectivity index (χ2n) is 9.49. The van der Waals surface area contributed by atoms with Crippen molar-refractivity contribution in [1.82, 2.24) is 14.8 Å². The van der Waals surface area contributed by atoms with E-state index in [0.717, 1.165) is 31.4 Å². The molecule has 1 aromatic heterocycles. The van der Waals surface area contributed by atoms with E-state index in [2.05, 4.69) is 10.2 Å². The number of amides is 1. The van der Waals surface area contributed by atoms with Gasteiger partial charge in [0.1, 0.15) is 5.82 Å². The maximum atomic E-state index is 13.4. The minimum Gasteiger partial charge on any atom is -0.396 e. The van der Waals surface area contributed by atoms with Crippen molar-refractivity contribution in [3.63, 3.8) is 0 Å². The van der Waals surface area contributed by atoms with Gasteiger partial charge in [-0.2, -0.15) is 0 Å². The molecule has 2 aromatic rings. The van der Waals surface area contributed by atoms with Gasteiger partial charge in [0, 0.05) is 42.4 Å². The Labute approximate surface area is 187 Å². The average molecular weight is 440 g/mol. The van der Waals surface area contributed by atoms with Gasteiger partial charge in [0.2, 0.25) is 5.91 Å². The summed E-state index contributed by atoms with van der Waals surface area (Å²) in [6.45, 7) is 0.330. The molecule has 1 aromatic carbocycles. The van der Waals surface area contributed by atoms with Crippen molar-refractivity contribution in [3.8, 4) is 11.1 Å². The molecule has 6 nitrogen and oxygen atoms in total. The summed E-state index contributed by atoms with van der Waals surface area (Å²) in [6.07, 6.45) is 5.49. The van der Waals surface area contributed by atoms with Crippen LogP contribution in [-0.4, -0.2) is 46.2 Å². The van der Waals surface area contributed by atoms with E-state index in [1.54, 1.807) is 22.8 Å². The number of hydrogen-bond acceptors (Lipinski definition) is 4. The van der Waals surface area contributed by atoms with Crippen molar-refractivity contribution in [2.24, 2.45) is 11.8 Å². The number of aliphatic hydroxyl groups is 1. The van der Waals surface area contributed by atoms with Crippen LogP contribution in [0.5, 0.6) is 0 Å². The molecule has 1 saturated heterocycles. The lowest BCUT2D eigenvalue weighted by Crippen LogP contribution is -2.45. The fourth-order valence-corrected chi connectivity index (χ4v) is 6.08. The molecule has 2 bridgehead atoms. The third-order valence-corrected chi connectivity index (χ3v) is 7.76. The van der Waals surface area contributed by atoms with Gasteiger partial charge in [-0.1, -0.05) is 31.4 Å². The zero-order chi connectivity index (χ0) is 22.4. The van der Waals surface area contributed by atoms with Gasteiger partial charge in [0.25, 0.3) is 5.56 Å². The minimum absolute atomic E-state index is 0.0150. The van der Waals surface area contributed by atoms with Crippen molar-refractivity contribution >= 4 is 5.91 Å². The molecule has 0 radical (unpaired) electrons. The molecule has 3 aliphatic rings. The second kappa shape index (κ2) is 8.45. The molecule has 1 amide bonds. The van der Waals surface area contributed by atoms with E-state index in [9.17, 15) is 19.1 Å². The zero-order valence-corrected chi connectivity index (χ0v) is 18.3. The van der Waals surface area contributed by atoms with Gasteiger partial charge in [0.05, 0.1) is 12.0 Å². The topological polar surface area (TPSA) is 74.6 Å². The normalized spacial score (nSPS) is 27.8. The van der Waals surface area contributed by atoms with Gasteiger partial charge in [0.15, 0.2) is 0 Å². The molecule has 0 unspecified atom stereocenters. The van der Waals surface area contributed by atoms with E-state index in [4.69, 9.17) is 0 Å². The van der Waals surface area contributed by atoms with Gasteiger partial charge in [-0.05, 0) is 49.7 Å². The SMILES string of the molecule is CN1[C@@H]2Cn3c(ccc(-c4ccc(F)cc4)c3=O)[C@H]1[C@@H](C(=O)NC1CCCCC1)[C@@H]2CO. The summed E-state index contributed by atoms with van der Waals surface area (Å²) in [6, 6.07) is 9.46. The maximum absolute atomic E-state index is 13.4. The highest BCUT2D eigenvalue weighted by Gasteiger charge is 2.54. The third kappa shape index (κ3) is 3.48. The highest BCUT2D eigenvalue weighted by molar-refractivity contribution is 5.81. The van der Waals surface area contributed by atoms with Gasteiger partial charge in [-0.15, -0.1) is 0 Å². The van der Waals surface area contributed by atoms with Crippen molar-refractivity contribution in [1.29, 1.82) is 0 Å². The number of halogens is 1. The number of nitrogens with zero attached hydrogens (tertiary/aromatic N) is 2. The number of hydrogen-bond donors (Lipinski definition) is 2. The summed E-state index contributed by atoms with van der Waals surface area (Å²) in [5, 5.41) is 13.5. The number of carbonyl (C=O) groups excluding carboxylic acids is 1. The molecule has 2 fully saturated rings. The van der Waals surface area contributed by atoms with E-state index in [1.165, 1.54) is 18.6 Å². The van der Waals surface area contributed by atoms with E-state index < -0.39 is 5.92 Å². The smallest absolute Gasteiger partial charge is 0.258 e.